The Balaban J connectivity index is 2.59. The molecule has 0 saturated heterocycles. The summed E-state index contributed by atoms with van der Waals surface area (Å²) in [5.41, 5.74) is 8.23. The third kappa shape index (κ3) is 1.63. The minimum atomic E-state index is 0.0262. The molecule has 1 heterocycles. The second-order valence-electron chi connectivity index (χ2n) is 4.63. The van der Waals surface area contributed by atoms with Crippen LogP contribution in [0.2, 0.25) is 0 Å². The number of hydrogen-bond acceptors (Lipinski definition) is 2. The number of rotatable bonds is 2. The summed E-state index contributed by atoms with van der Waals surface area (Å²) in [5, 5.41) is 5.41. The van der Waals surface area contributed by atoms with E-state index in [-0.39, 0.29) is 5.41 Å². The molecule has 2 aromatic rings. The Morgan fingerprint density at radius 3 is 2.80 bits per heavy atom. The summed E-state index contributed by atoms with van der Waals surface area (Å²) in [5.74, 6) is 0. The zero-order valence-corrected chi connectivity index (χ0v) is 9.49. The molecule has 1 aromatic heterocycles. The van der Waals surface area contributed by atoms with Gasteiger partial charge in [0.05, 0.1) is 11.7 Å². The maximum Gasteiger partial charge on any atom is 0.0682 e. The van der Waals surface area contributed by atoms with E-state index >= 15 is 0 Å². The molecule has 0 aliphatic heterocycles. The van der Waals surface area contributed by atoms with Gasteiger partial charge in [-0.05, 0) is 11.6 Å². The van der Waals surface area contributed by atoms with E-state index in [9.17, 15) is 0 Å². The predicted molar refractivity (Wildman–Crippen MR) is 62.8 cm³/mol. The van der Waals surface area contributed by atoms with Crippen LogP contribution < -0.4 is 5.73 Å². The van der Waals surface area contributed by atoms with Crippen molar-refractivity contribution in [3.8, 4) is 0 Å². The number of hydrogen-bond donors (Lipinski definition) is 1. The Kier molecular flexibility index (Phi) is 2.27. The average Bonchev–Trinajstić information content (AvgIpc) is 2.60. The van der Waals surface area contributed by atoms with Crippen LogP contribution in [-0.4, -0.2) is 16.3 Å². The molecule has 80 valence electrons. The van der Waals surface area contributed by atoms with Gasteiger partial charge in [0.25, 0.3) is 0 Å². The molecule has 15 heavy (non-hydrogen) atoms. The number of nitrogens with zero attached hydrogens (tertiary/aromatic N) is 2. The maximum absolute atomic E-state index is 5.77. The summed E-state index contributed by atoms with van der Waals surface area (Å²) in [4.78, 5) is 0. The normalized spacial score (nSPS) is 12.3. The van der Waals surface area contributed by atoms with Gasteiger partial charge in [-0.25, -0.2) is 0 Å². The zero-order chi connectivity index (χ0) is 11.1. The second kappa shape index (κ2) is 3.35. The van der Waals surface area contributed by atoms with Gasteiger partial charge in [-0.3, -0.25) is 4.68 Å². The average molecular weight is 203 g/mol. The fourth-order valence-electron chi connectivity index (χ4n) is 1.68. The quantitative estimate of drug-likeness (QED) is 0.809. The molecule has 0 atom stereocenters. The molecule has 0 amide bonds. The van der Waals surface area contributed by atoms with Crippen LogP contribution in [0, 0.1) is 0 Å². The Morgan fingerprint density at radius 1 is 1.40 bits per heavy atom. The largest absolute Gasteiger partial charge is 0.330 e. The van der Waals surface area contributed by atoms with Crippen molar-refractivity contribution < 1.29 is 0 Å². The summed E-state index contributed by atoms with van der Waals surface area (Å²) < 4.78 is 1.89. The first-order valence-electron chi connectivity index (χ1n) is 5.17. The minimum absolute atomic E-state index is 0.0262. The highest BCUT2D eigenvalue weighted by Gasteiger charge is 2.18. The van der Waals surface area contributed by atoms with Crippen LogP contribution >= 0.6 is 0 Å². The van der Waals surface area contributed by atoms with Crippen LogP contribution in [0.5, 0.6) is 0 Å². The Labute approximate surface area is 89.9 Å². The highest BCUT2D eigenvalue weighted by Crippen LogP contribution is 2.25. The fourth-order valence-corrected chi connectivity index (χ4v) is 1.68. The SMILES string of the molecule is Cn1ncc2ccc(C(C)(C)CN)cc21. The van der Waals surface area contributed by atoms with Gasteiger partial charge >= 0.3 is 0 Å². The molecule has 0 bridgehead atoms. The van der Waals surface area contributed by atoms with Crippen molar-refractivity contribution >= 4 is 10.9 Å². The molecule has 2 rings (SSSR count). The van der Waals surface area contributed by atoms with E-state index in [0.29, 0.717) is 6.54 Å². The molecule has 0 aliphatic carbocycles. The van der Waals surface area contributed by atoms with E-state index in [4.69, 9.17) is 5.73 Å². The van der Waals surface area contributed by atoms with Crippen LogP contribution in [0.4, 0.5) is 0 Å². The molecule has 1 aromatic carbocycles. The van der Waals surface area contributed by atoms with Crippen molar-refractivity contribution in [1.29, 1.82) is 0 Å². The van der Waals surface area contributed by atoms with Gasteiger partial charge in [0.2, 0.25) is 0 Å². The lowest BCUT2D eigenvalue weighted by Crippen LogP contribution is -2.27. The molecule has 0 spiro atoms. The molecular weight excluding hydrogens is 186 g/mol. The second-order valence-corrected chi connectivity index (χ2v) is 4.63. The van der Waals surface area contributed by atoms with Gasteiger partial charge in [0.1, 0.15) is 0 Å². The summed E-state index contributed by atoms with van der Waals surface area (Å²) >= 11 is 0. The van der Waals surface area contributed by atoms with E-state index in [1.165, 1.54) is 10.9 Å². The standard InChI is InChI=1S/C12H17N3/c1-12(2,8-13)10-5-4-9-7-14-15(3)11(9)6-10/h4-7H,8,13H2,1-3H3. The summed E-state index contributed by atoms with van der Waals surface area (Å²) in [7, 11) is 1.96. The summed E-state index contributed by atoms with van der Waals surface area (Å²) in [6.07, 6.45) is 1.88. The highest BCUT2D eigenvalue weighted by atomic mass is 15.2. The van der Waals surface area contributed by atoms with Gasteiger partial charge in [-0.15, -0.1) is 0 Å². The minimum Gasteiger partial charge on any atom is -0.330 e. The van der Waals surface area contributed by atoms with E-state index in [1.54, 1.807) is 0 Å². The molecule has 0 unspecified atom stereocenters. The van der Waals surface area contributed by atoms with Gasteiger partial charge in [0.15, 0.2) is 0 Å². The lowest BCUT2D eigenvalue weighted by Gasteiger charge is -2.23. The van der Waals surface area contributed by atoms with Crippen LogP contribution in [0.15, 0.2) is 24.4 Å². The molecule has 0 radical (unpaired) electrons. The monoisotopic (exact) mass is 203 g/mol. The van der Waals surface area contributed by atoms with Crippen molar-refractivity contribution in [2.24, 2.45) is 12.8 Å². The molecule has 3 heteroatoms. The first-order chi connectivity index (χ1) is 7.04. The van der Waals surface area contributed by atoms with Crippen molar-refractivity contribution in [2.75, 3.05) is 6.54 Å². The third-order valence-corrected chi connectivity index (χ3v) is 3.04. The third-order valence-electron chi connectivity index (χ3n) is 3.04. The smallest absolute Gasteiger partial charge is 0.0682 e. The van der Waals surface area contributed by atoms with Gasteiger partial charge in [-0.1, -0.05) is 26.0 Å². The predicted octanol–water partition coefficient (Wildman–Crippen LogP) is 1.81. The lowest BCUT2D eigenvalue weighted by atomic mass is 9.84. The van der Waals surface area contributed by atoms with E-state index in [1.807, 2.05) is 17.9 Å². The maximum atomic E-state index is 5.77. The van der Waals surface area contributed by atoms with Crippen molar-refractivity contribution in [2.45, 2.75) is 19.3 Å². The number of nitrogens with two attached hydrogens (primary N) is 1. The zero-order valence-electron chi connectivity index (χ0n) is 9.49. The number of fused-ring (bicyclic) bond motifs is 1. The first kappa shape index (κ1) is 10.2. The fraction of sp³-hybridized carbons (Fsp3) is 0.417. The van der Waals surface area contributed by atoms with Gasteiger partial charge in [-0.2, -0.15) is 5.10 Å². The molecule has 0 aliphatic rings. The van der Waals surface area contributed by atoms with E-state index in [2.05, 4.69) is 37.1 Å². The van der Waals surface area contributed by atoms with Crippen LogP contribution in [0.25, 0.3) is 10.9 Å². The van der Waals surface area contributed by atoms with E-state index in [0.717, 1.165) is 5.52 Å². The van der Waals surface area contributed by atoms with Crippen LogP contribution in [0.3, 0.4) is 0 Å². The Hall–Kier alpha value is -1.35. The number of aromatic nitrogens is 2. The van der Waals surface area contributed by atoms with Crippen LogP contribution in [-0.2, 0) is 12.5 Å². The molecule has 0 saturated carbocycles. The number of aryl methyl sites for hydroxylation is 1. The molecular formula is C12H17N3. The summed E-state index contributed by atoms with van der Waals surface area (Å²) in [6.45, 7) is 4.96. The molecule has 0 fully saturated rings. The van der Waals surface area contributed by atoms with Crippen LogP contribution in [0.1, 0.15) is 19.4 Å². The lowest BCUT2D eigenvalue weighted by molar-refractivity contribution is 0.539. The summed E-state index contributed by atoms with van der Waals surface area (Å²) in [6, 6.07) is 6.42. The molecule has 3 nitrogen and oxygen atoms in total. The Bertz CT molecular complexity index is 483. The Morgan fingerprint density at radius 2 is 2.13 bits per heavy atom. The topological polar surface area (TPSA) is 43.8 Å². The van der Waals surface area contributed by atoms with E-state index < -0.39 is 0 Å². The highest BCUT2D eigenvalue weighted by molar-refractivity contribution is 5.79. The number of benzene rings is 1. The van der Waals surface area contributed by atoms with Crippen molar-refractivity contribution in [3.05, 3.63) is 30.0 Å². The first-order valence-corrected chi connectivity index (χ1v) is 5.17. The molecule has 2 N–H and O–H groups in total. The van der Waals surface area contributed by atoms with Crippen molar-refractivity contribution in [1.82, 2.24) is 9.78 Å². The van der Waals surface area contributed by atoms with Gasteiger partial charge in [0, 0.05) is 24.4 Å². The van der Waals surface area contributed by atoms with Gasteiger partial charge < -0.3 is 5.73 Å². The van der Waals surface area contributed by atoms with Crippen molar-refractivity contribution in [3.63, 3.8) is 0 Å².